The molecule has 7 nitrogen and oxygen atoms in total. The molecule has 0 aliphatic carbocycles. The first kappa shape index (κ1) is 21.9. The molecule has 1 heterocycles. The van der Waals surface area contributed by atoms with Crippen LogP contribution in [0.15, 0.2) is 42.5 Å². The molecule has 1 aliphatic rings. The van der Waals surface area contributed by atoms with Crippen LogP contribution < -0.4 is 24.6 Å². The highest BCUT2D eigenvalue weighted by Crippen LogP contribution is 2.27. The molecule has 162 valence electrons. The van der Waals surface area contributed by atoms with E-state index in [0.717, 1.165) is 53.9 Å². The van der Waals surface area contributed by atoms with Crippen LogP contribution in [0.1, 0.15) is 12.5 Å². The largest absolute Gasteiger partial charge is 0.493 e. The van der Waals surface area contributed by atoms with Crippen molar-refractivity contribution in [2.24, 2.45) is 0 Å². The van der Waals surface area contributed by atoms with Gasteiger partial charge in [0.25, 0.3) is 5.91 Å². The fourth-order valence-corrected chi connectivity index (χ4v) is 3.56. The maximum Gasteiger partial charge on any atom is 0.279 e. The zero-order chi connectivity index (χ0) is 21.3. The first-order valence-corrected chi connectivity index (χ1v) is 10.4. The van der Waals surface area contributed by atoms with Crippen molar-refractivity contribution in [2.45, 2.75) is 13.5 Å². The van der Waals surface area contributed by atoms with Crippen molar-refractivity contribution in [3.8, 4) is 11.5 Å². The maximum absolute atomic E-state index is 12.5. The van der Waals surface area contributed by atoms with Crippen LogP contribution in [0.25, 0.3) is 0 Å². The summed E-state index contributed by atoms with van der Waals surface area (Å²) < 4.78 is 16.4. The van der Waals surface area contributed by atoms with Crippen molar-refractivity contribution in [1.82, 2.24) is 0 Å². The van der Waals surface area contributed by atoms with Gasteiger partial charge in [-0.2, -0.15) is 0 Å². The number of hydrogen-bond donors (Lipinski definition) is 2. The van der Waals surface area contributed by atoms with E-state index in [2.05, 4.69) is 10.2 Å². The number of nitrogens with one attached hydrogen (secondary N) is 2. The Hall–Kier alpha value is -2.77. The molecule has 30 heavy (non-hydrogen) atoms. The van der Waals surface area contributed by atoms with E-state index in [4.69, 9.17) is 14.2 Å². The average Bonchev–Trinajstić information content (AvgIpc) is 2.76. The number of ether oxygens (including phenoxy) is 3. The lowest BCUT2D eigenvalue weighted by molar-refractivity contribution is -0.885. The number of carbonyl (C=O) groups excluding carboxylic acids is 1. The van der Waals surface area contributed by atoms with Crippen molar-refractivity contribution in [1.29, 1.82) is 0 Å². The number of likely N-dealkylation sites (N-methyl/N-ethyl adjacent to an activating group) is 1. The van der Waals surface area contributed by atoms with Crippen molar-refractivity contribution in [3.05, 3.63) is 48.0 Å². The van der Waals surface area contributed by atoms with Gasteiger partial charge in [-0.3, -0.25) is 4.79 Å². The molecule has 0 bridgehead atoms. The third-order valence-electron chi connectivity index (χ3n) is 5.02. The standard InChI is InChI=1S/C23H31N3O4/c1-4-30-21-10-5-18(15-22(21)28-3)16-25(2)17-23(27)24-19-6-8-20(9-7-19)26-11-13-29-14-12-26/h5-10,15H,4,11-14,16-17H2,1-3H3,(H,24,27)/p+1. The molecule has 1 saturated heterocycles. The van der Waals surface area contributed by atoms with Crippen LogP contribution in [0.3, 0.4) is 0 Å². The van der Waals surface area contributed by atoms with Crippen LogP contribution in [-0.4, -0.2) is 59.5 Å². The fourth-order valence-electron chi connectivity index (χ4n) is 3.56. The summed E-state index contributed by atoms with van der Waals surface area (Å²) in [6, 6.07) is 13.9. The number of rotatable bonds is 9. The van der Waals surface area contributed by atoms with E-state index in [0.29, 0.717) is 25.4 Å². The number of benzene rings is 2. The number of morpholine rings is 1. The van der Waals surface area contributed by atoms with Gasteiger partial charge in [-0.05, 0) is 49.4 Å². The lowest BCUT2D eigenvalue weighted by Crippen LogP contribution is -3.08. The van der Waals surface area contributed by atoms with E-state index in [-0.39, 0.29) is 5.91 Å². The summed E-state index contributed by atoms with van der Waals surface area (Å²) in [5.41, 5.74) is 3.06. The summed E-state index contributed by atoms with van der Waals surface area (Å²) >= 11 is 0. The monoisotopic (exact) mass is 414 g/mol. The van der Waals surface area contributed by atoms with Gasteiger partial charge in [0.15, 0.2) is 18.0 Å². The maximum atomic E-state index is 12.5. The van der Waals surface area contributed by atoms with Crippen LogP contribution in [0, 0.1) is 0 Å². The predicted octanol–water partition coefficient (Wildman–Crippen LogP) is 1.58. The molecule has 0 saturated carbocycles. The zero-order valence-electron chi connectivity index (χ0n) is 18.1. The van der Waals surface area contributed by atoms with Gasteiger partial charge in [-0.1, -0.05) is 0 Å². The van der Waals surface area contributed by atoms with Gasteiger partial charge in [0.05, 0.1) is 34.0 Å². The lowest BCUT2D eigenvalue weighted by atomic mass is 10.2. The lowest BCUT2D eigenvalue weighted by Gasteiger charge is -2.28. The van der Waals surface area contributed by atoms with Crippen LogP contribution in [-0.2, 0) is 16.1 Å². The highest BCUT2D eigenvalue weighted by atomic mass is 16.5. The smallest absolute Gasteiger partial charge is 0.279 e. The Bertz CT molecular complexity index is 820. The summed E-state index contributed by atoms with van der Waals surface area (Å²) in [7, 11) is 3.64. The van der Waals surface area contributed by atoms with Crippen molar-refractivity contribution in [3.63, 3.8) is 0 Å². The third-order valence-corrected chi connectivity index (χ3v) is 5.02. The number of quaternary nitrogens is 1. The Morgan fingerprint density at radius 1 is 1.13 bits per heavy atom. The Morgan fingerprint density at radius 3 is 2.53 bits per heavy atom. The van der Waals surface area contributed by atoms with Crippen LogP contribution in [0.2, 0.25) is 0 Å². The molecule has 1 unspecified atom stereocenters. The van der Waals surface area contributed by atoms with Crippen molar-refractivity contribution < 1.29 is 23.9 Å². The Balaban J connectivity index is 1.50. The Morgan fingerprint density at radius 2 is 1.87 bits per heavy atom. The summed E-state index contributed by atoms with van der Waals surface area (Å²) in [4.78, 5) is 15.8. The third kappa shape index (κ3) is 6.11. The zero-order valence-corrected chi connectivity index (χ0v) is 18.1. The van der Waals surface area contributed by atoms with Crippen LogP contribution in [0.5, 0.6) is 11.5 Å². The molecular weight excluding hydrogens is 382 g/mol. The number of amides is 1. The second kappa shape index (κ2) is 10.8. The summed E-state index contributed by atoms with van der Waals surface area (Å²) in [6.45, 7) is 6.94. The summed E-state index contributed by atoms with van der Waals surface area (Å²) in [5, 5.41) is 2.99. The van der Waals surface area contributed by atoms with E-state index in [1.165, 1.54) is 0 Å². The van der Waals surface area contributed by atoms with Gasteiger partial charge >= 0.3 is 0 Å². The second-order valence-corrected chi connectivity index (χ2v) is 7.42. The average molecular weight is 415 g/mol. The molecule has 7 heteroatoms. The number of hydrogen-bond acceptors (Lipinski definition) is 5. The molecule has 1 aliphatic heterocycles. The predicted molar refractivity (Wildman–Crippen MR) is 118 cm³/mol. The Kier molecular flexibility index (Phi) is 7.93. The molecular formula is C23H32N3O4+. The highest BCUT2D eigenvalue weighted by Gasteiger charge is 2.14. The molecule has 1 fully saturated rings. The van der Waals surface area contributed by atoms with Gasteiger partial charge in [0.2, 0.25) is 0 Å². The number of carbonyl (C=O) groups is 1. The minimum atomic E-state index is -0.00970. The second-order valence-electron chi connectivity index (χ2n) is 7.42. The molecule has 0 radical (unpaired) electrons. The molecule has 3 rings (SSSR count). The first-order valence-electron chi connectivity index (χ1n) is 10.4. The van der Waals surface area contributed by atoms with Gasteiger partial charge in [-0.25, -0.2) is 0 Å². The molecule has 2 N–H and O–H groups in total. The first-order chi connectivity index (χ1) is 14.6. The van der Waals surface area contributed by atoms with Gasteiger partial charge in [-0.15, -0.1) is 0 Å². The molecule has 1 atom stereocenters. The fraction of sp³-hybridized carbons (Fsp3) is 0.435. The molecule has 2 aromatic carbocycles. The van der Waals surface area contributed by atoms with E-state index >= 15 is 0 Å². The van der Waals surface area contributed by atoms with E-state index in [1.807, 2.05) is 56.4 Å². The van der Waals surface area contributed by atoms with Crippen LogP contribution >= 0.6 is 0 Å². The molecule has 0 spiro atoms. The number of methoxy groups -OCH3 is 1. The Labute approximate surface area is 178 Å². The normalized spacial score (nSPS) is 14.8. The van der Waals surface area contributed by atoms with Crippen molar-refractivity contribution in [2.75, 3.05) is 63.8 Å². The van der Waals surface area contributed by atoms with Gasteiger partial charge in [0.1, 0.15) is 6.54 Å². The van der Waals surface area contributed by atoms with E-state index in [1.54, 1.807) is 7.11 Å². The molecule has 0 aromatic heterocycles. The summed E-state index contributed by atoms with van der Waals surface area (Å²) in [6.07, 6.45) is 0. The van der Waals surface area contributed by atoms with Gasteiger partial charge < -0.3 is 29.3 Å². The molecule has 2 aromatic rings. The van der Waals surface area contributed by atoms with Crippen LogP contribution in [0.4, 0.5) is 11.4 Å². The quantitative estimate of drug-likeness (QED) is 0.652. The SMILES string of the molecule is CCOc1ccc(C[NH+](C)CC(=O)Nc2ccc(N3CCOCC3)cc2)cc1OC. The number of anilines is 2. The topological polar surface area (TPSA) is 64.5 Å². The van der Waals surface area contributed by atoms with E-state index < -0.39 is 0 Å². The van der Waals surface area contributed by atoms with Gasteiger partial charge in [0, 0.05) is 30.0 Å². The summed E-state index contributed by atoms with van der Waals surface area (Å²) in [5.74, 6) is 1.44. The molecule has 1 amide bonds. The highest BCUT2D eigenvalue weighted by molar-refractivity contribution is 5.91. The number of nitrogens with zero attached hydrogens (tertiary/aromatic N) is 1. The minimum absolute atomic E-state index is 0.00970. The van der Waals surface area contributed by atoms with E-state index in [9.17, 15) is 4.79 Å². The van der Waals surface area contributed by atoms with Crippen molar-refractivity contribution >= 4 is 17.3 Å². The minimum Gasteiger partial charge on any atom is -0.493 e.